The number of hydrogen-bond acceptors (Lipinski definition) is 6. The van der Waals surface area contributed by atoms with E-state index in [4.69, 9.17) is 4.74 Å². The minimum atomic E-state index is -3.43. The van der Waals surface area contributed by atoms with Crippen LogP contribution in [0.1, 0.15) is 11.6 Å². The number of thiophene rings is 2. The number of nitrogens with zero attached hydrogens (tertiary/aromatic N) is 1. The number of hydrogen-bond donors (Lipinski definition) is 1. The molecule has 8 heteroatoms. The van der Waals surface area contributed by atoms with E-state index in [1.807, 2.05) is 5.38 Å². The van der Waals surface area contributed by atoms with Crippen LogP contribution in [0.4, 0.5) is 0 Å². The van der Waals surface area contributed by atoms with Crippen molar-refractivity contribution in [2.75, 3.05) is 32.8 Å². The van der Waals surface area contributed by atoms with E-state index in [1.54, 1.807) is 28.8 Å². The minimum Gasteiger partial charge on any atom is -0.379 e. The summed E-state index contributed by atoms with van der Waals surface area (Å²) in [5.74, 6) is 0. The second-order valence-electron chi connectivity index (χ2n) is 5.00. The van der Waals surface area contributed by atoms with Crippen molar-refractivity contribution in [1.82, 2.24) is 9.62 Å². The maximum Gasteiger partial charge on any atom is 0.250 e. The van der Waals surface area contributed by atoms with E-state index >= 15 is 0 Å². The fraction of sp³-hybridized carbons (Fsp3) is 0.429. The molecule has 0 aromatic carbocycles. The molecule has 0 amide bonds. The monoisotopic (exact) mass is 358 g/mol. The van der Waals surface area contributed by atoms with Gasteiger partial charge in [0.1, 0.15) is 4.21 Å². The molecule has 3 heterocycles. The minimum absolute atomic E-state index is 0.0462. The van der Waals surface area contributed by atoms with Crippen molar-refractivity contribution in [3.63, 3.8) is 0 Å². The van der Waals surface area contributed by atoms with Crippen LogP contribution in [0.15, 0.2) is 38.5 Å². The Morgan fingerprint density at radius 1 is 1.27 bits per heavy atom. The molecule has 0 spiro atoms. The highest BCUT2D eigenvalue weighted by Crippen LogP contribution is 2.24. The van der Waals surface area contributed by atoms with Gasteiger partial charge in [-0.1, -0.05) is 6.07 Å². The van der Waals surface area contributed by atoms with Gasteiger partial charge in [-0.15, -0.1) is 11.3 Å². The standard InChI is InChI=1S/C14H18N2O3S3/c17-22(18,14-2-1-8-21-14)15-10-13(12-3-9-20-11-12)16-4-6-19-7-5-16/h1-3,8-9,11,13,15H,4-7,10H2/t13-/m0/s1. The van der Waals surface area contributed by atoms with Crippen molar-refractivity contribution in [1.29, 1.82) is 0 Å². The Bertz CT molecular complexity index is 662. The first-order valence-corrected chi connectivity index (χ1v) is 10.3. The molecule has 3 rings (SSSR count). The SMILES string of the molecule is O=S(=O)(NC[C@@H](c1ccsc1)N1CCOCC1)c1cccs1. The third-order valence-electron chi connectivity index (χ3n) is 3.64. The Balaban J connectivity index is 1.73. The molecule has 120 valence electrons. The van der Waals surface area contributed by atoms with Crippen molar-refractivity contribution in [3.8, 4) is 0 Å². The van der Waals surface area contributed by atoms with Gasteiger partial charge in [0.05, 0.1) is 13.2 Å². The van der Waals surface area contributed by atoms with Crippen molar-refractivity contribution >= 4 is 32.7 Å². The van der Waals surface area contributed by atoms with E-state index in [2.05, 4.69) is 21.1 Å². The number of sulfonamides is 1. The molecule has 0 radical (unpaired) electrons. The third-order valence-corrected chi connectivity index (χ3v) is 7.16. The van der Waals surface area contributed by atoms with Crippen LogP contribution in [0.25, 0.3) is 0 Å². The predicted octanol–water partition coefficient (Wildman–Crippen LogP) is 2.16. The van der Waals surface area contributed by atoms with Crippen molar-refractivity contribution in [2.45, 2.75) is 10.3 Å². The second-order valence-corrected chi connectivity index (χ2v) is 8.73. The van der Waals surface area contributed by atoms with E-state index in [0.717, 1.165) is 18.7 Å². The van der Waals surface area contributed by atoms with Gasteiger partial charge in [0.25, 0.3) is 0 Å². The topological polar surface area (TPSA) is 58.6 Å². The van der Waals surface area contributed by atoms with Gasteiger partial charge in [0.15, 0.2) is 0 Å². The molecule has 5 nitrogen and oxygen atoms in total. The Labute approximate surface area is 138 Å². The molecule has 1 aliphatic heterocycles. The summed E-state index contributed by atoms with van der Waals surface area (Å²) in [6, 6.07) is 5.48. The summed E-state index contributed by atoms with van der Waals surface area (Å²) >= 11 is 2.86. The Kier molecular flexibility index (Phi) is 5.27. The van der Waals surface area contributed by atoms with E-state index in [1.165, 1.54) is 11.3 Å². The molecule has 1 atom stereocenters. The maximum absolute atomic E-state index is 12.3. The number of ether oxygens (including phenoxy) is 1. The first-order valence-electron chi connectivity index (χ1n) is 7.04. The zero-order valence-corrected chi connectivity index (χ0v) is 14.4. The van der Waals surface area contributed by atoms with Crippen LogP contribution in [0.5, 0.6) is 0 Å². The molecule has 0 saturated carbocycles. The lowest BCUT2D eigenvalue weighted by atomic mass is 10.1. The largest absolute Gasteiger partial charge is 0.379 e. The van der Waals surface area contributed by atoms with Gasteiger partial charge in [0, 0.05) is 25.7 Å². The normalized spacial score (nSPS) is 18.4. The molecule has 2 aromatic rings. The van der Waals surface area contributed by atoms with E-state index in [-0.39, 0.29) is 6.04 Å². The summed E-state index contributed by atoms with van der Waals surface area (Å²) in [5.41, 5.74) is 1.15. The van der Waals surface area contributed by atoms with Crippen molar-refractivity contribution < 1.29 is 13.2 Å². The average Bonchev–Trinajstić information content (AvgIpc) is 3.22. The van der Waals surface area contributed by atoms with Crippen LogP contribution < -0.4 is 4.72 Å². The maximum atomic E-state index is 12.3. The quantitative estimate of drug-likeness (QED) is 0.860. The lowest BCUT2D eigenvalue weighted by molar-refractivity contribution is 0.0173. The van der Waals surface area contributed by atoms with Crippen LogP contribution in [0.3, 0.4) is 0 Å². The van der Waals surface area contributed by atoms with Gasteiger partial charge in [-0.25, -0.2) is 13.1 Å². The Morgan fingerprint density at radius 3 is 2.73 bits per heavy atom. The molecule has 0 bridgehead atoms. The summed E-state index contributed by atoms with van der Waals surface area (Å²) in [4.78, 5) is 2.28. The molecular weight excluding hydrogens is 340 g/mol. The highest BCUT2D eigenvalue weighted by molar-refractivity contribution is 7.91. The van der Waals surface area contributed by atoms with Gasteiger partial charge >= 0.3 is 0 Å². The van der Waals surface area contributed by atoms with Crippen LogP contribution in [-0.2, 0) is 14.8 Å². The Hall–Kier alpha value is -0.770. The Morgan fingerprint density at radius 2 is 2.09 bits per heavy atom. The predicted molar refractivity (Wildman–Crippen MR) is 89.0 cm³/mol. The van der Waals surface area contributed by atoms with Crippen LogP contribution in [0, 0.1) is 0 Å². The van der Waals surface area contributed by atoms with Crippen LogP contribution >= 0.6 is 22.7 Å². The number of nitrogens with one attached hydrogen (secondary N) is 1. The molecule has 1 fully saturated rings. The molecule has 22 heavy (non-hydrogen) atoms. The van der Waals surface area contributed by atoms with E-state index in [0.29, 0.717) is 24.0 Å². The van der Waals surface area contributed by atoms with Crippen molar-refractivity contribution in [3.05, 3.63) is 39.9 Å². The van der Waals surface area contributed by atoms with Gasteiger partial charge in [-0.3, -0.25) is 4.90 Å². The molecule has 0 unspecified atom stereocenters. The third kappa shape index (κ3) is 3.76. The summed E-state index contributed by atoms with van der Waals surface area (Å²) in [7, 11) is -3.43. The fourth-order valence-corrected chi connectivity index (χ4v) is 5.27. The summed E-state index contributed by atoms with van der Waals surface area (Å²) in [6.07, 6.45) is 0. The summed E-state index contributed by atoms with van der Waals surface area (Å²) < 4.78 is 33.1. The summed E-state index contributed by atoms with van der Waals surface area (Å²) in [5, 5.41) is 5.88. The summed E-state index contributed by atoms with van der Waals surface area (Å²) in [6.45, 7) is 3.40. The van der Waals surface area contributed by atoms with Crippen molar-refractivity contribution in [2.24, 2.45) is 0 Å². The van der Waals surface area contributed by atoms with E-state index < -0.39 is 10.0 Å². The van der Waals surface area contributed by atoms with Gasteiger partial charge < -0.3 is 4.74 Å². The smallest absolute Gasteiger partial charge is 0.250 e. The second kappa shape index (κ2) is 7.20. The first-order chi connectivity index (χ1) is 10.7. The molecule has 1 saturated heterocycles. The molecule has 0 aliphatic carbocycles. The zero-order valence-electron chi connectivity index (χ0n) is 12.0. The van der Waals surface area contributed by atoms with E-state index in [9.17, 15) is 8.42 Å². The zero-order chi connectivity index (χ0) is 15.4. The molecule has 1 N–H and O–H groups in total. The lowest BCUT2D eigenvalue weighted by Gasteiger charge is -2.34. The first kappa shape index (κ1) is 16.1. The molecule has 2 aromatic heterocycles. The average molecular weight is 359 g/mol. The van der Waals surface area contributed by atoms with Gasteiger partial charge in [-0.2, -0.15) is 11.3 Å². The fourth-order valence-electron chi connectivity index (χ4n) is 2.49. The van der Waals surface area contributed by atoms with Crippen LogP contribution in [0.2, 0.25) is 0 Å². The highest BCUT2D eigenvalue weighted by atomic mass is 32.2. The molecular formula is C14H18N2O3S3. The lowest BCUT2D eigenvalue weighted by Crippen LogP contribution is -2.43. The van der Waals surface area contributed by atoms with Gasteiger partial charge in [0.2, 0.25) is 10.0 Å². The number of rotatable bonds is 6. The molecule has 1 aliphatic rings. The highest BCUT2D eigenvalue weighted by Gasteiger charge is 2.25. The van der Waals surface area contributed by atoms with Gasteiger partial charge in [-0.05, 0) is 33.8 Å². The van der Waals surface area contributed by atoms with Crippen LogP contribution in [-0.4, -0.2) is 46.2 Å². The number of morpholine rings is 1.